The van der Waals surface area contributed by atoms with Gasteiger partial charge in [0.1, 0.15) is 12.0 Å². The number of aromatic amines is 1. The maximum Gasteiger partial charge on any atom is 0.271 e. The van der Waals surface area contributed by atoms with Gasteiger partial charge in [0, 0.05) is 54.9 Å². The third kappa shape index (κ3) is 4.38. The fourth-order valence-electron chi connectivity index (χ4n) is 3.41. The Morgan fingerprint density at radius 1 is 1.13 bits per heavy atom. The van der Waals surface area contributed by atoms with Gasteiger partial charge in [-0.1, -0.05) is 6.92 Å². The molecule has 1 aromatic carbocycles. The third-order valence-electron chi connectivity index (χ3n) is 5.14. The van der Waals surface area contributed by atoms with Crippen molar-refractivity contribution in [1.82, 2.24) is 20.3 Å². The molecule has 1 fully saturated rings. The van der Waals surface area contributed by atoms with Crippen molar-refractivity contribution in [3.05, 3.63) is 70.5 Å². The number of H-pyrrole nitrogens is 1. The fourth-order valence-corrected chi connectivity index (χ4v) is 3.41. The zero-order valence-corrected chi connectivity index (χ0v) is 16.8. The predicted octanol–water partition coefficient (Wildman–Crippen LogP) is 2.06. The van der Waals surface area contributed by atoms with Gasteiger partial charge >= 0.3 is 0 Å². The summed E-state index contributed by atoms with van der Waals surface area (Å²) in [6, 6.07) is 10.9. The second-order valence-corrected chi connectivity index (χ2v) is 7.12. The highest BCUT2D eigenvalue weighted by Gasteiger charge is 2.13. The summed E-state index contributed by atoms with van der Waals surface area (Å²) >= 11 is 0. The van der Waals surface area contributed by atoms with E-state index in [0.717, 1.165) is 44.0 Å². The van der Waals surface area contributed by atoms with E-state index in [-0.39, 0.29) is 17.2 Å². The summed E-state index contributed by atoms with van der Waals surface area (Å²) in [5, 5.41) is 6.04. The number of amides is 1. The summed E-state index contributed by atoms with van der Waals surface area (Å²) in [4.78, 5) is 38.3. The maximum absolute atomic E-state index is 12.7. The van der Waals surface area contributed by atoms with Gasteiger partial charge in [0.25, 0.3) is 11.5 Å². The number of aromatic nitrogens is 3. The lowest BCUT2D eigenvalue weighted by Crippen LogP contribution is -2.43. The summed E-state index contributed by atoms with van der Waals surface area (Å²) in [5.74, 6) is -0.332. The second-order valence-electron chi connectivity index (χ2n) is 7.12. The Morgan fingerprint density at radius 3 is 2.63 bits per heavy atom. The number of hydrogen-bond acceptors (Lipinski definition) is 6. The Labute approximate surface area is 174 Å². The molecule has 1 amide bonds. The highest BCUT2D eigenvalue weighted by molar-refractivity contribution is 6.04. The quantitative estimate of drug-likeness (QED) is 0.602. The fraction of sp³-hybridized carbons (Fsp3) is 0.273. The summed E-state index contributed by atoms with van der Waals surface area (Å²) in [5.41, 5.74) is 3.69. The van der Waals surface area contributed by atoms with Crippen molar-refractivity contribution in [3.63, 3.8) is 0 Å². The van der Waals surface area contributed by atoms with Gasteiger partial charge in [0.2, 0.25) is 0 Å². The minimum absolute atomic E-state index is 0.181. The first-order chi connectivity index (χ1) is 14.6. The van der Waals surface area contributed by atoms with E-state index in [4.69, 9.17) is 0 Å². The number of aryl methyl sites for hydroxylation is 1. The molecule has 1 saturated heterocycles. The molecule has 0 radical (unpaired) electrons. The first-order valence-corrected chi connectivity index (χ1v) is 10.0. The molecule has 4 rings (SSSR count). The molecule has 1 aliphatic heterocycles. The molecule has 0 bridgehead atoms. The minimum atomic E-state index is -0.366. The van der Waals surface area contributed by atoms with Crippen molar-refractivity contribution in [2.75, 3.05) is 36.4 Å². The van der Waals surface area contributed by atoms with Crippen LogP contribution in [0.1, 0.15) is 23.0 Å². The number of hydrogen-bond donors (Lipinski definition) is 3. The molecule has 0 saturated carbocycles. The molecule has 3 N–H and O–H groups in total. The van der Waals surface area contributed by atoms with Gasteiger partial charge in [-0.25, -0.2) is 9.97 Å². The Balaban J connectivity index is 1.52. The van der Waals surface area contributed by atoms with Crippen LogP contribution in [0.2, 0.25) is 0 Å². The standard InChI is InChI=1S/C22H24N6O2/c1-2-17-12-19(26-14-25-17)16-11-20(22(30)24-13-16)27-21(29)15-3-5-18(6-4-15)28-9-7-23-8-10-28/h3-6,11-14,23H,2,7-10H2,1H3,(H,24,30)(H,27,29). The number of carbonyl (C=O) groups is 1. The van der Waals surface area contributed by atoms with Crippen molar-refractivity contribution in [3.8, 4) is 11.3 Å². The molecule has 0 spiro atoms. The molecular weight excluding hydrogens is 380 g/mol. The van der Waals surface area contributed by atoms with Crippen LogP contribution in [0.15, 0.2) is 53.7 Å². The van der Waals surface area contributed by atoms with Gasteiger partial charge in [-0.15, -0.1) is 0 Å². The van der Waals surface area contributed by atoms with Crippen LogP contribution in [-0.4, -0.2) is 47.0 Å². The monoisotopic (exact) mass is 404 g/mol. The molecule has 0 aliphatic carbocycles. The molecule has 8 heteroatoms. The second kappa shape index (κ2) is 8.87. The smallest absolute Gasteiger partial charge is 0.271 e. The molecule has 154 valence electrons. The van der Waals surface area contributed by atoms with Crippen LogP contribution in [-0.2, 0) is 6.42 Å². The van der Waals surface area contributed by atoms with Crippen LogP contribution in [0.4, 0.5) is 11.4 Å². The molecule has 2 aromatic heterocycles. The molecule has 0 atom stereocenters. The minimum Gasteiger partial charge on any atom is -0.369 e. The average molecular weight is 404 g/mol. The number of nitrogens with zero attached hydrogens (tertiary/aromatic N) is 3. The van der Waals surface area contributed by atoms with Crippen molar-refractivity contribution >= 4 is 17.3 Å². The van der Waals surface area contributed by atoms with Gasteiger partial charge < -0.3 is 20.5 Å². The summed E-state index contributed by atoms with van der Waals surface area (Å²) in [6.45, 7) is 5.80. The lowest BCUT2D eigenvalue weighted by atomic mass is 10.1. The number of benzene rings is 1. The molecule has 3 heterocycles. The van der Waals surface area contributed by atoms with Gasteiger partial charge in [0.05, 0.1) is 5.69 Å². The van der Waals surface area contributed by atoms with E-state index < -0.39 is 0 Å². The number of nitrogens with one attached hydrogen (secondary N) is 3. The van der Waals surface area contributed by atoms with Crippen LogP contribution < -0.4 is 21.1 Å². The van der Waals surface area contributed by atoms with E-state index in [1.807, 2.05) is 25.1 Å². The molecular formula is C22H24N6O2. The molecule has 30 heavy (non-hydrogen) atoms. The average Bonchev–Trinajstić information content (AvgIpc) is 2.81. The third-order valence-corrected chi connectivity index (χ3v) is 5.14. The van der Waals surface area contributed by atoms with Crippen LogP contribution in [0.25, 0.3) is 11.3 Å². The van der Waals surface area contributed by atoms with Gasteiger partial charge in [-0.2, -0.15) is 0 Å². The zero-order valence-electron chi connectivity index (χ0n) is 16.8. The number of rotatable bonds is 5. The predicted molar refractivity (Wildman–Crippen MR) is 117 cm³/mol. The summed E-state index contributed by atoms with van der Waals surface area (Å²) in [7, 11) is 0. The van der Waals surface area contributed by atoms with Crippen LogP contribution in [0.5, 0.6) is 0 Å². The first kappa shape index (κ1) is 19.8. The SMILES string of the molecule is CCc1cc(-c2c[nH]c(=O)c(NC(=O)c3ccc(N4CCNCC4)cc3)c2)ncn1. The van der Waals surface area contributed by atoms with E-state index in [2.05, 4.69) is 30.5 Å². The number of carbonyl (C=O) groups excluding carboxylic acids is 1. The molecule has 3 aromatic rings. The van der Waals surface area contributed by atoms with Crippen molar-refractivity contribution < 1.29 is 4.79 Å². The van der Waals surface area contributed by atoms with Gasteiger partial charge in [-0.3, -0.25) is 9.59 Å². The summed E-state index contributed by atoms with van der Waals surface area (Å²) < 4.78 is 0. The Kier molecular flexibility index (Phi) is 5.85. The maximum atomic E-state index is 12.7. The van der Waals surface area contributed by atoms with E-state index in [9.17, 15) is 9.59 Å². The lowest BCUT2D eigenvalue weighted by Gasteiger charge is -2.29. The van der Waals surface area contributed by atoms with E-state index in [1.165, 1.54) is 6.33 Å². The first-order valence-electron chi connectivity index (χ1n) is 10.0. The Bertz CT molecular complexity index is 1090. The zero-order chi connectivity index (χ0) is 20.9. The van der Waals surface area contributed by atoms with E-state index in [1.54, 1.807) is 24.4 Å². The Hall–Kier alpha value is -3.52. The topological polar surface area (TPSA) is 103 Å². The van der Waals surface area contributed by atoms with Crippen LogP contribution in [0.3, 0.4) is 0 Å². The van der Waals surface area contributed by atoms with E-state index >= 15 is 0 Å². The highest BCUT2D eigenvalue weighted by atomic mass is 16.2. The van der Waals surface area contributed by atoms with Gasteiger partial charge in [0.15, 0.2) is 0 Å². The molecule has 1 aliphatic rings. The highest BCUT2D eigenvalue weighted by Crippen LogP contribution is 2.19. The van der Waals surface area contributed by atoms with Crippen molar-refractivity contribution in [2.45, 2.75) is 13.3 Å². The van der Waals surface area contributed by atoms with E-state index in [0.29, 0.717) is 16.8 Å². The van der Waals surface area contributed by atoms with Crippen LogP contribution in [0, 0.1) is 0 Å². The lowest BCUT2D eigenvalue weighted by molar-refractivity contribution is 0.102. The van der Waals surface area contributed by atoms with Gasteiger partial charge in [-0.05, 0) is 42.8 Å². The normalized spacial score (nSPS) is 13.8. The number of anilines is 2. The summed E-state index contributed by atoms with van der Waals surface area (Å²) in [6.07, 6.45) is 3.87. The molecule has 8 nitrogen and oxygen atoms in total. The van der Waals surface area contributed by atoms with Crippen molar-refractivity contribution in [2.24, 2.45) is 0 Å². The number of pyridine rings is 1. The Morgan fingerprint density at radius 2 is 1.90 bits per heavy atom. The van der Waals surface area contributed by atoms with Crippen molar-refractivity contribution in [1.29, 1.82) is 0 Å². The largest absolute Gasteiger partial charge is 0.369 e. The molecule has 0 unspecified atom stereocenters. The number of piperazine rings is 1. The van der Waals surface area contributed by atoms with Crippen LogP contribution >= 0.6 is 0 Å².